The molecule has 5 rings (SSSR count). The molecule has 3 fully saturated rings. The Balaban J connectivity index is 1.24. The Labute approximate surface area is 197 Å². The van der Waals surface area contributed by atoms with Gasteiger partial charge in [0.15, 0.2) is 5.82 Å². The maximum Gasteiger partial charge on any atom is 0.272 e. The third-order valence-electron chi connectivity index (χ3n) is 7.52. The van der Waals surface area contributed by atoms with Gasteiger partial charge in [-0.1, -0.05) is 0 Å². The number of carbonyl (C=O) groups excluding carboxylic acids is 1. The zero-order valence-electron chi connectivity index (χ0n) is 18.9. The van der Waals surface area contributed by atoms with Gasteiger partial charge in [0.25, 0.3) is 11.8 Å². The Hall–Kier alpha value is -1.69. The number of alkyl halides is 3. The molecule has 3 saturated heterocycles. The lowest BCUT2D eigenvalue weighted by molar-refractivity contribution is -0.152. The van der Waals surface area contributed by atoms with Crippen molar-refractivity contribution in [1.29, 1.82) is 0 Å². The molecule has 4 aliphatic heterocycles. The first-order valence-corrected chi connectivity index (χ1v) is 12.2. The number of fused-ring (bicyclic) bond motifs is 1. The van der Waals surface area contributed by atoms with E-state index in [0.717, 1.165) is 45.4 Å². The average Bonchev–Trinajstić information content (AvgIpc) is 3.07. The van der Waals surface area contributed by atoms with Crippen LogP contribution in [-0.2, 0) is 6.54 Å². The predicted molar refractivity (Wildman–Crippen MR) is 123 cm³/mol. The number of rotatable bonds is 4. The van der Waals surface area contributed by atoms with Crippen LogP contribution in [-0.4, -0.2) is 113 Å². The molecule has 33 heavy (non-hydrogen) atoms. The fraction of sp³-hybridized carbons (Fsp3) is 0.810. The summed E-state index contributed by atoms with van der Waals surface area (Å²) in [7, 11) is 2.06. The molecule has 1 aromatic rings. The molecule has 1 aromatic heterocycles. The lowest BCUT2D eigenvalue weighted by Gasteiger charge is -2.49. The Morgan fingerprint density at radius 3 is 2.61 bits per heavy atom. The number of nitrogen functional groups attached to an aromatic ring is 1. The number of halogens is 3. The number of likely N-dealkylation sites (N-methyl/N-ethyl adjacent to an activating group) is 1. The van der Waals surface area contributed by atoms with E-state index < -0.39 is 5.92 Å². The molecule has 0 aliphatic carbocycles. The quantitative estimate of drug-likeness (QED) is 0.540. The van der Waals surface area contributed by atoms with Crippen LogP contribution in [0.15, 0.2) is 0 Å². The number of amides is 1. The summed E-state index contributed by atoms with van der Waals surface area (Å²) in [5, 5.41) is 10.6. The van der Waals surface area contributed by atoms with E-state index in [9.17, 15) is 13.6 Å². The maximum atomic E-state index is 13.3. The number of carbonyl (C=O) groups is 1. The third kappa shape index (κ3) is 4.65. The van der Waals surface area contributed by atoms with Crippen LogP contribution < -0.4 is 16.4 Å². The second-order valence-electron chi connectivity index (χ2n) is 10.00. The third-order valence-corrected chi connectivity index (χ3v) is 7.81. The van der Waals surface area contributed by atoms with E-state index in [-0.39, 0.29) is 48.3 Å². The Morgan fingerprint density at radius 2 is 1.91 bits per heavy atom. The van der Waals surface area contributed by atoms with Crippen molar-refractivity contribution in [2.75, 3.05) is 63.9 Å². The zero-order chi connectivity index (χ0) is 23.3. The van der Waals surface area contributed by atoms with Crippen molar-refractivity contribution >= 4 is 29.1 Å². The van der Waals surface area contributed by atoms with Gasteiger partial charge in [-0.2, -0.15) is 5.10 Å². The minimum atomic E-state index is -2.52. The molecule has 5 heterocycles. The van der Waals surface area contributed by atoms with E-state index in [0.29, 0.717) is 24.5 Å². The summed E-state index contributed by atoms with van der Waals surface area (Å²) in [5.74, 6) is -1.92. The van der Waals surface area contributed by atoms with E-state index in [4.69, 9.17) is 17.3 Å². The summed E-state index contributed by atoms with van der Waals surface area (Å²) in [4.78, 5) is 19.9. The van der Waals surface area contributed by atoms with E-state index in [1.165, 1.54) is 0 Å². The second-order valence-corrected chi connectivity index (χ2v) is 10.6. The van der Waals surface area contributed by atoms with Crippen LogP contribution >= 0.6 is 11.6 Å². The van der Waals surface area contributed by atoms with Gasteiger partial charge in [-0.15, -0.1) is 11.6 Å². The zero-order valence-corrected chi connectivity index (χ0v) is 19.7. The number of piperidine rings is 2. The summed E-state index contributed by atoms with van der Waals surface area (Å²) in [5.41, 5.74) is 6.48. The standard InChI is InChI=1S/C21H33ClF2N8O/c1-29-5-4-16(30-6-2-14(3-7-30)31-11-21(23,24)12-31)15(10-29)27-20(33)17-18(25)28-32-9-13(22)8-26-19(17)32/h13-16,26H,2-12H2,1H3,(H2,25,28)(H,27,33). The minimum absolute atomic E-state index is 0.0551. The van der Waals surface area contributed by atoms with E-state index in [1.807, 2.05) is 4.90 Å². The fourth-order valence-corrected chi connectivity index (χ4v) is 5.99. The Kier molecular flexibility index (Phi) is 6.17. The van der Waals surface area contributed by atoms with Gasteiger partial charge in [0.2, 0.25) is 0 Å². The molecule has 0 aromatic carbocycles. The molecule has 3 atom stereocenters. The largest absolute Gasteiger partial charge is 0.381 e. The fourth-order valence-electron chi connectivity index (χ4n) is 5.79. The van der Waals surface area contributed by atoms with Gasteiger partial charge in [0.1, 0.15) is 11.4 Å². The lowest BCUT2D eigenvalue weighted by atomic mass is 9.92. The number of likely N-dealkylation sites (tertiary alicyclic amines) is 3. The number of anilines is 2. The first-order chi connectivity index (χ1) is 15.7. The van der Waals surface area contributed by atoms with Crippen molar-refractivity contribution in [3.63, 3.8) is 0 Å². The molecule has 9 nitrogen and oxygen atoms in total. The summed E-state index contributed by atoms with van der Waals surface area (Å²) in [6.45, 7) is 4.26. The van der Waals surface area contributed by atoms with Crippen molar-refractivity contribution in [2.24, 2.45) is 0 Å². The molecule has 12 heteroatoms. The van der Waals surface area contributed by atoms with E-state index in [1.54, 1.807) is 4.68 Å². The summed E-state index contributed by atoms with van der Waals surface area (Å²) in [6, 6.07) is 0.382. The molecule has 0 saturated carbocycles. The minimum Gasteiger partial charge on any atom is -0.381 e. The van der Waals surface area contributed by atoms with E-state index >= 15 is 0 Å². The molecular weight excluding hydrogens is 454 g/mol. The molecule has 0 spiro atoms. The number of aromatic nitrogens is 2. The van der Waals surface area contributed by atoms with Crippen LogP contribution in [0.2, 0.25) is 0 Å². The molecule has 0 radical (unpaired) electrons. The second kappa shape index (κ2) is 8.83. The number of nitrogens with two attached hydrogens (primary N) is 1. The lowest BCUT2D eigenvalue weighted by Crippen LogP contribution is -2.64. The molecule has 4 N–H and O–H groups in total. The van der Waals surface area contributed by atoms with Gasteiger partial charge in [-0.3, -0.25) is 14.6 Å². The monoisotopic (exact) mass is 486 g/mol. The summed E-state index contributed by atoms with van der Waals surface area (Å²) < 4.78 is 28.2. The molecule has 3 unspecified atom stereocenters. The number of hydrogen-bond acceptors (Lipinski definition) is 7. The highest BCUT2D eigenvalue weighted by atomic mass is 35.5. The molecule has 4 aliphatic rings. The maximum absolute atomic E-state index is 13.3. The first kappa shape index (κ1) is 23.1. The molecule has 184 valence electrons. The van der Waals surface area contributed by atoms with Gasteiger partial charge >= 0.3 is 0 Å². The number of nitrogens with zero attached hydrogens (tertiary/aromatic N) is 5. The smallest absolute Gasteiger partial charge is 0.272 e. The van der Waals surface area contributed by atoms with Crippen LogP contribution in [0, 0.1) is 0 Å². The topological polar surface area (TPSA) is 94.7 Å². The first-order valence-electron chi connectivity index (χ1n) is 11.8. The molecule has 1 amide bonds. The predicted octanol–water partition coefficient (Wildman–Crippen LogP) is 0.716. The number of nitrogens with one attached hydrogen (secondary N) is 2. The summed E-state index contributed by atoms with van der Waals surface area (Å²) in [6.07, 6.45) is 2.72. The van der Waals surface area contributed by atoms with Crippen molar-refractivity contribution in [2.45, 2.75) is 55.2 Å². The normalized spacial score (nSPS) is 31.5. The summed E-state index contributed by atoms with van der Waals surface area (Å²) >= 11 is 6.20. The van der Waals surface area contributed by atoms with E-state index in [2.05, 4.69) is 32.6 Å². The Bertz CT molecular complexity index is 882. The van der Waals surface area contributed by atoms with Crippen LogP contribution in [0.25, 0.3) is 0 Å². The van der Waals surface area contributed by atoms with Crippen molar-refractivity contribution in [3.8, 4) is 0 Å². The highest BCUT2D eigenvalue weighted by Crippen LogP contribution is 2.33. The molecule has 0 bridgehead atoms. The van der Waals surface area contributed by atoms with Gasteiger partial charge in [-0.25, -0.2) is 13.5 Å². The molecular formula is C21H33ClF2N8O. The van der Waals surface area contributed by atoms with Gasteiger partial charge < -0.3 is 21.3 Å². The van der Waals surface area contributed by atoms with Crippen molar-refractivity contribution < 1.29 is 13.6 Å². The SMILES string of the molecule is CN1CCC(N2CCC(N3CC(F)(F)C3)CC2)C(NC(=O)c2c(N)nn3c2NCC(Cl)C3)C1. The average molecular weight is 487 g/mol. The van der Waals surface area contributed by atoms with Crippen LogP contribution in [0.5, 0.6) is 0 Å². The van der Waals surface area contributed by atoms with Crippen LogP contribution in [0.1, 0.15) is 29.6 Å². The highest BCUT2D eigenvalue weighted by molar-refractivity contribution is 6.21. The van der Waals surface area contributed by atoms with Crippen molar-refractivity contribution in [3.05, 3.63) is 5.56 Å². The van der Waals surface area contributed by atoms with Gasteiger partial charge in [0.05, 0.1) is 31.1 Å². The number of hydrogen-bond donors (Lipinski definition) is 3. The van der Waals surface area contributed by atoms with Gasteiger partial charge in [0, 0.05) is 38.3 Å². The van der Waals surface area contributed by atoms with Crippen LogP contribution in [0.3, 0.4) is 0 Å². The Morgan fingerprint density at radius 1 is 1.18 bits per heavy atom. The highest BCUT2D eigenvalue weighted by Gasteiger charge is 2.47. The van der Waals surface area contributed by atoms with Crippen LogP contribution in [0.4, 0.5) is 20.4 Å². The van der Waals surface area contributed by atoms with Crippen molar-refractivity contribution in [1.82, 2.24) is 29.8 Å². The van der Waals surface area contributed by atoms with Gasteiger partial charge in [-0.05, 0) is 32.9 Å².